The van der Waals surface area contributed by atoms with Crippen LogP contribution in [-0.2, 0) is 11.2 Å². The number of anilines is 1. The molecule has 1 aliphatic rings. The van der Waals surface area contributed by atoms with E-state index in [4.69, 9.17) is 10.5 Å². The van der Waals surface area contributed by atoms with E-state index in [0.717, 1.165) is 23.4 Å². The van der Waals surface area contributed by atoms with Crippen molar-refractivity contribution in [2.75, 3.05) is 11.9 Å². The van der Waals surface area contributed by atoms with E-state index in [1.54, 1.807) is 0 Å². The molecule has 0 radical (unpaired) electrons. The average Bonchev–Trinajstić information content (AvgIpc) is 2.29. The number of carbonyl (C=O) groups is 1. The van der Waals surface area contributed by atoms with Gasteiger partial charge in [-0.2, -0.15) is 0 Å². The van der Waals surface area contributed by atoms with E-state index in [1.165, 1.54) is 0 Å². The number of amides is 1. The molecule has 1 heterocycles. The topological polar surface area (TPSA) is 64.3 Å². The van der Waals surface area contributed by atoms with E-state index in [9.17, 15) is 4.79 Å². The Balaban J connectivity index is 2.19. The molecule has 3 N–H and O–H groups in total. The summed E-state index contributed by atoms with van der Waals surface area (Å²) in [6.45, 7) is 4.36. The van der Waals surface area contributed by atoms with Crippen molar-refractivity contribution in [2.45, 2.75) is 32.3 Å². The number of nitrogens with one attached hydrogen (secondary N) is 1. The highest BCUT2D eigenvalue weighted by molar-refractivity contribution is 5.93. The monoisotopic (exact) mass is 234 g/mol. The standard InChI is InChI=1S/C13H18N2O2/c1-13(2,8-14)17-10-4-5-11-9(7-10)3-6-12(16)15-11/h4-5,7H,3,6,8,14H2,1-2H3,(H,15,16). The van der Waals surface area contributed by atoms with Crippen LogP contribution in [0.3, 0.4) is 0 Å². The Kier molecular flexibility index (Phi) is 3.07. The number of benzene rings is 1. The number of hydrogen-bond donors (Lipinski definition) is 2. The summed E-state index contributed by atoms with van der Waals surface area (Å²) in [7, 11) is 0. The van der Waals surface area contributed by atoms with Crippen LogP contribution in [0, 0.1) is 0 Å². The molecule has 0 aliphatic carbocycles. The fraction of sp³-hybridized carbons (Fsp3) is 0.462. The molecule has 17 heavy (non-hydrogen) atoms. The van der Waals surface area contributed by atoms with Gasteiger partial charge in [0.05, 0.1) is 0 Å². The Bertz CT molecular complexity index is 441. The minimum atomic E-state index is -0.369. The molecule has 0 aromatic heterocycles. The Morgan fingerprint density at radius 3 is 2.88 bits per heavy atom. The summed E-state index contributed by atoms with van der Waals surface area (Å²) < 4.78 is 5.81. The summed E-state index contributed by atoms with van der Waals surface area (Å²) >= 11 is 0. The molecular weight excluding hydrogens is 216 g/mol. The summed E-state index contributed by atoms with van der Waals surface area (Å²) in [5, 5.41) is 2.84. The quantitative estimate of drug-likeness (QED) is 0.836. The third-order valence-corrected chi connectivity index (χ3v) is 2.86. The lowest BCUT2D eigenvalue weighted by atomic mass is 10.0. The first kappa shape index (κ1) is 11.9. The lowest BCUT2D eigenvalue weighted by Crippen LogP contribution is -2.37. The first-order chi connectivity index (χ1) is 8.00. The predicted octanol–water partition coefficient (Wildman–Crippen LogP) is 1.69. The molecule has 0 saturated heterocycles. The van der Waals surface area contributed by atoms with Crippen LogP contribution in [0.4, 0.5) is 5.69 Å². The maximum Gasteiger partial charge on any atom is 0.224 e. The van der Waals surface area contributed by atoms with Crippen molar-refractivity contribution in [3.05, 3.63) is 23.8 Å². The van der Waals surface area contributed by atoms with E-state index in [2.05, 4.69) is 5.32 Å². The van der Waals surface area contributed by atoms with Gasteiger partial charge in [-0.3, -0.25) is 4.79 Å². The minimum absolute atomic E-state index is 0.0773. The summed E-state index contributed by atoms with van der Waals surface area (Å²) in [6, 6.07) is 5.72. The van der Waals surface area contributed by atoms with E-state index >= 15 is 0 Å². The van der Waals surface area contributed by atoms with Gasteiger partial charge in [0.2, 0.25) is 5.91 Å². The van der Waals surface area contributed by atoms with Crippen LogP contribution in [0.5, 0.6) is 5.75 Å². The second-order valence-electron chi connectivity index (χ2n) is 4.93. The zero-order chi connectivity index (χ0) is 12.5. The molecule has 4 nitrogen and oxygen atoms in total. The molecule has 0 fully saturated rings. The lowest BCUT2D eigenvalue weighted by molar-refractivity contribution is -0.116. The van der Waals surface area contributed by atoms with Crippen molar-refractivity contribution in [2.24, 2.45) is 5.73 Å². The van der Waals surface area contributed by atoms with Crippen molar-refractivity contribution in [3.8, 4) is 5.75 Å². The molecule has 1 aliphatic heterocycles. The number of carbonyl (C=O) groups excluding carboxylic acids is 1. The molecule has 0 atom stereocenters. The first-order valence-electron chi connectivity index (χ1n) is 5.82. The van der Waals surface area contributed by atoms with E-state index < -0.39 is 0 Å². The van der Waals surface area contributed by atoms with Gasteiger partial charge in [-0.1, -0.05) is 0 Å². The number of rotatable bonds is 3. The van der Waals surface area contributed by atoms with Gasteiger partial charge in [0.15, 0.2) is 0 Å². The van der Waals surface area contributed by atoms with Gasteiger partial charge in [-0.25, -0.2) is 0 Å². The fourth-order valence-corrected chi connectivity index (χ4v) is 1.78. The number of nitrogens with two attached hydrogens (primary N) is 1. The van der Waals surface area contributed by atoms with Crippen molar-refractivity contribution in [1.29, 1.82) is 0 Å². The highest BCUT2D eigenvalue weighted by atomic mass is 16.5. The van der Waals surface area contributed by atoms with Crippen LogP contribution in [0.15, 0.2) is 18.2 Å². The van der Waals surface area contributed by atoms with Crippen LogP contribution in [0.1, 0.15) is 25.8 Å². The number of aryl methyl sites for hydroxylation is 1. The molecule has 0 spiro atoms. The highest BCUT2D eigenvalue weighted by Crippen LogP contribution is 2.28. The SMILES string of the molecule is CC(C)(CN)Oc1ccc2c(c1)CCC(=O)N2. The number of hydrogen-bond acceptors (Lipinski definition) is 3. The Morgan fingerprint density at radius 2 is 2.18 bits per heavy atom. The predicted molar refractivity (Wildman–Crippen MR) is 67.2 cm³/mol. The van der Waals surface area contributed by atoms with Crippen LogP contribution < -0.4 is 15.8 Å². The Hall–Kier alpha value is -1.55. The summed E-state index contributed by atoms with van der Waals surface area (Å²) in [4.78, 5) is 11.2. The molecule has 2 rings (SSSR count). The van der Waals surface area contributed by atoms with Gasteiger partial charge >= 0.3 is 0 Å². The van der Waals surface area contributed by atoms with E-state index in [0.29, 0.717) is 13.0 Å². The van der Waals surface area contributed by atoms with Crippen LogP contribution in [0.2, 0.25) is 0 Å². The molecular formula is C13H18N2O2. The molecule has 92 valence electrons. The largest absolute Gasteiger partial charge is 0.487 e. The van der Waals surface area contributed by atoms with E-state index in [1.807, 2.05) is 32.0 Å². The zero-order valence-corrected chi connectivity index (χ0v) is 10.2. The Labute approximate surface area is 101 Å². The van der Waals surface area contributed by atoms with Crippen molar-refractivity contribution in [3.63, 3.8) is 0 Å². The van der Waals surface area contributed by atoms with Crippen LogP contribution in [0.25, 0.3) is 0 Å². The molecule has 1 aromatic rings. The van der Waals surface area contributed by atoms with Crippen molar-refractivity contribution < 1.29 is 9.53 Å². The normalized spacial score (nSPS) is 15.1. The zero-order valence-electron chi connectivity index (χ0n) is 10.2. The number of ether oxygens (including phenoxy) is 1. The second kappa shape index (κ2) is 4.37. The summed E-state index contributed by atoms with van der Waals surface area (Å²) in [6.07, 6.45) is 1.30. The molecule has 4 heteroatoms. The van der Waals surface area contributed by atoms with Crippen LogP contribution >= 0.6 is 0 Å². The van der Waals surface area contributed by atoms with Crippen molar-refractivity contribution in [1.82, 2.24) is 0 Å². The van der Waals surface area contributed by atoms with Gasteiger partial charge < -0.3 is 15.8 Å². The van der Waals surface area contributed by atoms with Gasteiger partial charge in [0.1, 0.15) is 11.4 Å². The lowest BCUT2D eigenvalue weighted by Gasteiger charge is -2.26. The van der Waals surface area contributed by atoms with Gasteiger partial charge in [0.25, 0.3) is 0 Å². The smallest absolute Gasteiger partial charge is 0.224 e. The average molecular weight is 234 g/mol. The first-order valence-corrected chi connectivity index (χ1v) is 5.82. The third kappa shape index (κ3) is 2.77. The van der Waals surface area contributed by atoms with Gasteiger partial charge in [0, 0.05) is 18.7 Å². The Morgan fingerprint density at radius 1 is 1.41 bits per heavy atom. The minimum Gasteiger partial charge on any atom is -0.487 e. The summed E-state index contributed by atoms with van der Waals surface area (Å²) in [5.41, 5.74) is 7.27. The maximum absolute atomic E-state index is 11.2. The molecule has 0 bridgehead atoms. The third-order valence-electron chi connectivity index (χ3n) is 2.86. The van der Waals surface area contributed by atoms with Crippen molar-refractivity contribution >= 4 is 11.6 Å². The summed E-state index contributed by atoms with van der Waals surface area (Å²) in [5.74, 6) is 0.879. The fourth-order valence-electron chi connectivity index (χ4n) is 1.78. The molecule has 0 unspecified atom stereocenters. The van der Waals surface area contributed by atoms with Gasteiger partial charge in [-0.05, 0) is 44.0 Å². The van der Waals surface area contributed by atoms with Crippen LogP contribution in [-0.4, -0.2) is 18.1 Å². The van der Waals surface area contributed by atoms with E-state index in [-0.39, 0.29) is 11.5 Å². The second-order valence-corrected chi connectivity index (χ2v) is 4.93. The molecule has 1 aromatic carbocycles. The molecule has 1 amide bonds. The molecule has 0 saturated carbocycles. The highest BCUT2D eigenvalue weighted by Gasteiger charge is 2.19. The van der Waals surface area contributed by atoms with Gasteiger partial charge in [-0.15, -0.1) is 0 Å². The maximum atomic E-state index is 11.2. The number of fused-ring (bicyclic) bond motifs is 1.